The zero-order valence-corrected chi connectivity index (χ0v) is 12.0. The summed E-state index contributed by atoms with van der Waals surface area (Å²) in [4.78, 5) is 14.0. The van der Waals surface area contributed by atoms with Gasteiger partial charge in [-0.25, -0.2) is 4.79 Å². The molecule has 5 heteroatoms. The summed E-state index contributed by atoms with van der Waals surface area (Å²) in [7, 11) is 2.16. The highest BCUT2D eigenvalue weighted by Crippen LogP contribution is 2.44. The molecule has 2 aliphatic rings. The molecule has 0 radical (unpaired) electrons. The Kier molecular flexibility index (Phi) is 5.05. The van der Waals surface area contributed by atoms with Gasteiger partial charge in [0.15, 0.2) is 0 Å². The average molecular weight is 269 g/mol. The topological polar surface area (TPSA) is 64.6 Å². The number of carbonyl (C=O) groups excluding carboxylic acids is 1. The summed E-state index contributed by atoms with van der Waals surface area (Å²) in [6, 6.07) is -0.0901. The van der Waals surface area contributed by atoms with Crippen LogP contribution in [0.3, 0.4) is 0 Å². The molecule has 110 valence electrons. The molecule has 0 bridgehead atoms. The molecule has 5 nitrogen and oxygen atoms in total. The molecular weight excluding hydrogens is 242 g/mol. The minimum atomic E-state index is -0.0901. The van der Waals surface area contributed by atoms with Gasteiger partial charge >= 0.3 is 6.03 Å². The van der Waals surface area contributed by atoms with Crippen molar-refractivity contribution in [3.63, 3.8) is 0 Å². The van der Waals surface area contributed by atoms with Crippen molar-refractivity contribution in [2.45, 2.75) is 32.1 Å². The lowest BCUT2D eigenvalue weighted by Gasteiger charge is -2.28. The van der Waals surface area contributed by atoms with E-state index in [9.17, 15) is 4.79 Å². The first-order valence-electron chi connectivity index (χ1n) is 7.45. The van der Waals surface area contributed by atoms with Crippen molar-refractivity contribution in [1.29, 1.82) is 0 Å². The maximum Gasteiger partial charge on any atom is 0.314 e. The highest BCUT2D eigenvalue weighted by Gasteiger charge is 2.42. The molecule has 2 rings (SSSR count). The number of hydrogen-bond acceptors (Lipinski definition) is 3. The second kappa shape index (κ2) is 6.57. The number of nitrogens with one attached hydrogen (secondary N) is 2. The van der Waals surface area contributed by atoms with Gasteiger partial charge in [-0.1, -0.05) is 0 Å². The molecule has 0 aromatic rings. The second-order valence-electron chi connectivity index (χ2n) is 6.30. The van der Waals surface area contributed by atoms with Crippen molar-refractivity contribution in [1.82, 2.24) is 15.5 Å². The number of likely N-dealkylation sites (tertiary alicyclic amines) is 1. The van der Waals surface area contributed by atoms with Crippen LogP contribution < -0.4 is 10.6 Å². The third kappa shape index (κ3) is 4.66. The lowest BCUT2D eigenvalue weighted by Crippen LogP contribution is -2.40. The lowest BCUT2D eigenvalue weighted by molar-refractivity contribution is 0.200. The van der Waals surface area contributed by atoms with E-state index in [-0.39, 0.29) is 18.1 Å². The summed E-state index contributed by atoms with van der Waals surface area (Å²) in [5, 5.41) is 14.9. The SMILES string of the molecule is CN1CCC(CCNC(=O)NCC2(CO)CC2)CC1. The molecule has 2 fully saturated rings. The van der Waals surface area contributed by atoms with Crippen molar-refractivity contribution in [2.75, 3.05) is 39.8 Å². The van der Waals surface area contributed by atoms with Crippen LogP contribution in [0.15, 0.2) is 0 Å². The molecule has 0 spiro atoms. The second-order valence-corrected chi connectivity index (χ2v) is 6.30. The van der Waals surface area contributed by atoms with E-state index < -0.39 is 0 Å². The van der Waals surface area contributed by atoms with E-state index >= 15 is 0 Å². The zero-order valence-electron chi connectivity index (χ0n) is 12.0. The number of urea groups is 1. The number of nitrogens with zero attached hydrogens (tertiary/aromatic N) is 1. The van der Waals surface area contributed by atoms with Gasteiger partial charge in [-0.15, -0.1) is 0 Å². The van der Waals surface area contributed by atoms with E-state index in [0.717, 1.165) is 31.7 Å². The minimum absolute atomic E-state index is 0.00864. The van der Waals surface area contributed by atoms with Crippen molar-refractivity contribution >= 4 is 6.03 Å². The summed E-state index contributed by atoms with van der Waals surface area (Å²) in [5.74, 6) is 0.753. The number of carbonyl (C=O) groups is 1. The third-order valence-corrected chi connectivity index (χ3v) is 4.59. The highest BCUT2D eigenvalue weighted by atomic mass is 16.3. The number of rotatable bonds is 6. The lowest BCUT2D eigenvalue weighted by atomic mass is 9.94. The maximum absolute atomic E-state index is 11.6. The summed E-state index contributed by atoms with van der Waals surface area (Å²) in [5.41, 5.74) is -0.00864. The van der Waals surface area contributed by atoms with E-state index in [1.54, 1.807) is 0 Å². The fraction of sp³-hybridized carbons (Fsp3) is 0.929. The number of piperidine rings is 1. The Morgan fingerprint density at radius 1 is 1.32 bits per heavy atom. The average Bonchev–Trinajstić information content (AvgIpc) is 3.19. The minimum Gasteiger partial charge on any atom is -0.396 e. The molecular formula is C14H27N3O2. The third-order valence-electron chi connectivity index (χ3n) is 4.59. The fourth-order valence-corrected chi connectivity index (χ4v) is 2.64. The number of hydrogen-bond donors (Lipinski definition) is 3. The predicted molar refractivity (Wildman–Crippen MR) is 75.0 cm³/mol. The molecule has 0 atom stereocenters. The monoisotopic (exact) mass is 269 g/mol. The molecule has 1 aliphatic carbocycles. The van der Waals surface area contributed by atoms with Gasteiger partial charge in [0.05, 0.1) is 6.61 Å². The van der Waals surface area contributed by atoms with Crippen molar-refractivity contribution in [3.05, 3.63) is 0 Å². The maximum atomic E-state index is 11.6. The number of aliphatic hydroxyl groups excluding tert-OH is 1. The Hall–Kier alpha value is -0.810. The van der Waals surface area contributed by atoms with Gasteiger partial charge in [0.2, 0.25) is 0 Å². The smallest absolute Gasteiger partial charge is 0.314 e. The standard InChI is InChI=1S/C14H27N3O2/c1-17-8-3-12(4-9-17)2-7-15-13(19)16-10-14(11-18)5-6-14/h12,18H,2-11H2,1H3,(H2,15,16,19). The molecule has 1 saturated heterocycles. The quantitative estimate of drug-likeness (QED) is 0.668. The Balaban J connectivity index is 1.52. The van der Waals surface area contributed by atoms with Crippen LogP contribution in [0.1, 0.15) is 32.1 Å². The molecule has 3 N–H and O–H groups in total. The van der Waals surface area contributed by atoms with E-state index in [1.807, 2.05) is 0 Å². The summed E-state index contributed by atoms with van der Waals surface area (Å²) < 4.78 is 0. The first-order valence-corrected chi connectivity index (χ1v) is 7.45. The van der Waals surface area contributed by atoms with Crippen LogP contribution in [-0.4, -0.2) is 55.9 Å². The molecule has 0 unspecified atom stereocenters. The first kappa shape index (κ1) is 14.6. The van der Waals surface area contributed by atoms with Crippen LogP contribution in [0.2, 0.25) is 0 Å². The van der Waals surface area contributed by atoms with E-state index in [4.69, 9.17) is 5.11 Å². The van der Waals surface area contributed by atoms with Crippen molar-refractivity contribution in [3.8, 4) is 0 Å². The van der Waals surface area contributed by atoms with Gasteiger partial charge in [-0.05, 0) is 58.2 Å². The molecule has 19 heavy (non-hydrogen) atoms. The van der Waals surface area contributed by atoms with Crippen LogP contribution in [0.5, 0.6) is 0 Å². The molecule has 0 aromatic heterocycles. The van der Waals surface area contributed by atoms with Gasteiger partial charge in [0, 0.05) is 18.5 Å². The van der Waals surface area contributed by atoms with E-state index in [0.29, 0.717) is 6.54 Å². The van der Waals surface area contributed by atoms with Crippen LogP contribution in [0.4, 0.5) is 4.79 Å². The van der Waals surface area contributed by atoms with E-state index in [2.05, 4.69) is 22.6 Å². The molecule has 1 heterocycles. The van der Waals surface area contributed by atoms with Crippen LogP contribution in [0, 0.1) is 11.3 Å². The van der Waals surface area contributed by atoms with Crippen LogP contribution in [0.25, 0.3) is 0 Å². The summed E-state index contributed by atoms with van der Waals surface area (Å²) in [6.45, 7) is 3.89. The van der Waals surface area contributed by atoms with Gasteiger partial charge in [-0.2, -0.15) is 0 Å². The van der Waals surface area contributed by atoms with Gasteiger partial charge < -0.3 is 20.6 Å². The van der Waals surface area contributed by atoms with Crippen LogP contribution >= 0.6 is 0 Å². The summed E-state index contributed by atoms with van der Waals surface area (Å²) in [6.07, 6.45) is 5.62. The molecule has 0 aromatic carbocycles. The van der Waals surface area contributed by atoms with Gasteiger partial charge in [0.1, 0.15) is 0 Å². The zero-order chi connectivity index (χ0) is 13.7. The Labute approximate surface area is 115 Å². The fourth-order valence-electron chi connectivity index (χ4n) is 2.64. The van der Waals surface area contributed by atoms with Crippen molar-refractivity contribution < 1.29 is 9.90 Å². The van der Waals surface area contributed by atoms with Crippen molar-refractivity contribution in [2.24, 2.45) is 11.3 Å². The Morgan fingerprint density at radius 2 is 2.00 bits per heavy atom. The summed E-state index contributed by atoms with van der Waals surface area (Å²) >= 11 is 0. The largest absolute Gasteiger partial charge is 0.396 e. The molecule has 1 saturated carbocycles. The highest BCUT2D eigenvalue weighted by molar-refractivity contribution is 5.73. The number of aliphatic hydroxyl groups is 1. The van der Waals surface area contributed by atoms with Gasteiger partial charge in [-0.3, -0.25) is 0 Å². The predicted octanol–water partition coefficient (Wildman–Crippen LogP) is 0.790. The number of amides is 2. The molecule has 1 aliphatic heterocycles. The first-order chi connectivity index (χ1) is 9.13. The van der Waals surface area contributed by atoms with E-state index in [1.165, 1.54) is 25.9 Å². The normalized spacial score (nSPS) is 23.1. The molecule has 2 amide bonds. The van der Waals surface area contributed by atoms with Crippen LogP contribution in [-0.2, 0) is 0 Å². The Bertz CT molecular complexity index is 297. The van der Waals surface area contributed by atoms with Gasteiger partial charge in [0.25, 0.3) is 0 Å². The Morgan fingerprint density at radius 3 is 2.58 bits per heavy atom.